The molecular formula is C11H20ClNO. The Morgan fingerprint density at radius 2 is 2.29 bits per heavy atom. The van der Waals surface area contributed by atoms with Crippen LogP contribution in [0.4, 0.5) is 0 Å². The molecule has 2 aliphatic rings. The highest BCUT2D eigenvalue weighted by Gasteiger charge is 2.27. The SMILES string of the molecule is CC1CN(CC2CCCO2)CCC1Cl. The molecule has 2 rings (SSSR count). The average Bonchev–Trinajstić information content (AvgIpc) is 2.64. The van der Waals surface area contributed by atoms with Gasteiger partial charge in [-0.3, -0.25) is 0 Å². The molecule has 2 heterocycles. The van der Waals surface area contributed by atoms with E-state index in [4.69, 9.17) is 16.3 Å². The fourth-order valence-corrected chi connectivity index (χ4v) is 2.62. The lowest BCUT2D eigenvalue weighted by Gasteiger charge is -2.35. The first-order valence-electron chi connectivity index (χ1n) is 5.73. The van der Waals surface area contributed by atoms with Gasteiger partial charge in [-0.25, -0.2) is 0 Å². The van der Waals surface area contributed by atoms with E-state index >= 15 is 0 Å². The minimum Gasteiger partial charge on any atom is -0.377 e. The number of piperidine rings is 1. The van der Waals surface area contributed by atoms with Crippen molar-refractivity contribution in [3.8, 4) is 0 Å². The molecule has 0 aromatic carbocycles. The monoisotopic (exact) mass is 217 g/mol. The van der Waals surface area contributed by atoms with Crippen molar-refractivity contribution in [2.75, 3.05) is 26.2 Å². The van der Waals surface area contributed by atoms with Crippen molar-refractivity contribution in [3.63, 3.8) is 0 Å². The van der Waals surface area contributed by atoms with Crippen molar-refractivity contribution in [1.82, 2.24) is 4.90 Å². The summed E-state index contributed by atoms with van der Waals surface area (Å²) in [6, 6.07) is 0. The Bertz CT molecular complexity index is 182. The van der Waals surface area contributed by atoms with E-state index in [1.54, 1.807) is 0 Å². The maximum atomic E-state index is 6.19. The van der Waals surface area contributed by atoms with Crippen LogP contribution in [-0.2, 0) is 4.74 Å². The summed E-state index contributed by atoms with van der Waals surface area (Å²) < 4.78 is 5.64. The molecule has 3 heteroatoms. The summed E-state index contributed by atoms with van der Waals surface area (Å²) >= 11 is 6.19. The summed E-state index contributed by atoms with van der Waals surface area (Å²) in [7, 11) is 0. The third-order valence-corrected chi connectivity index (χ3v) is 4.02. The van der Waals surface area contributed by atoms with Gasteiger partial charge in [0.15, 0.2) is 0 Å². The second kappa shape index (κ2) is 4.82. The van der Waals surface area contributed by atoms with Crippen LogP contribution in [0, 0.1) is 5.92 Å². The van der Waals surface area contributed by atoms with Crippen molar-refractivity contribution < 1.29 is 4.74 Å². The Hall–Kier alpha value is 0.210. The van der Waals surface area contributed by atoms with E-state index in [0.29, 0.717) is 17.4 Å². The minimum absolute atomic E-state index is 0.385. The van der Waals surface area contributed by atoms with E-state index in [1.807, 2.05) is 0 Å². The molecule has 14 heavy (non-hydrogen) atoms. The Kier molecular flexibility index (Phi) is 3.69. The second-order valence-corrected chi connectivity index (χ2v) is 5.24. The first-order valence-corrected chi connectivity index (χ1v) is 6.17. The summed E-state index contributed by atoms with van der Waals surface area (Å²) in [5.74, 6) is 0.631. The van der Waals surface area contributed by atoms with Gasteiger partial charge < -0.3 is 9.64 Å². The Morgan fingerprint density at radius 3 is 2.93 bits per heavy atom. The minimum atomic E-state index is 0.385. The summed E-state index contributed by atoms with van der Waals surface area (Å²) in [5, 5.41) is 0.385. The standard InChI is InChI=1S/C11H20ClNO/c1-9-7-13(5-4-11(9)12)8-10-3-2-6-14-10/h9-11H,2-8H2,1H3. The summed E-state index contributed by atoms with van der Waals surface area (Å²) in [4.78, 5) is 2.51. The predicted octanol–water partition coefficient (Wildman–Crippen LogP) is 2.11. The molecule has 0 N–H and O–H groups in total. The van der Waals surface area contributed by atoms with E-state index in [2.05, 4.69) is 11.8 Å². The van der Waals surface area contributed by atoms with Crippen molar-refractivity contribution in [2.24, 2.45) is 5.92 Å². The van der Waals surface area contributed by atoms with Gasteiger partial charge in [-0.2, -0.15) is 0 Å². The van der Waals surface area contributed by atoms with Gasteiger partial charge in [0.05, 0.1) is 6.10 Å². The lowest BCUT2D eigenvalue weighted by molar-refractivity contribution is 0.0592. The van der Waals surface area contributed by atoms with Crippen LogP contribution in [0.2, 0.25) is 0 Å². The van der Waals surface area contributed by atoms with Crippen LogP contribution in [0.15, 0.2) is 0 Å². The highest BCUT2D eigenvalue weighted by atomic mass is 35.5. The summed E-state index contributed by atoms with van der Waals surface area (Å²) in [5.41, 5.74) is 0. The number of halogens is 1. The van der Waals surface area contributed by atoms with Gasteiger partial charge in [-0.15, -0.1) is 11.6 Å². The molecule has 0 saturated carbocycles. The van der Waals surface area contributed by atoms with Crippen molar-refractivity contribution in [2.45, 2.75) is 37.7 Å². The fraction of sp³-hybridized carbons (Fsp3) is 1.00. The highest BCUT2D eigenvalue weighted by Crippen LogP contribution is 2.23. The third kappa shape index (κ3) is 2.62. The molecule has 2 nitrogen and oxygen atoms in total. The van der Waals surface area contributed by atoms with Gasteiger partial charge in [-0.05, 0) is 31.7 Å². The topological polar surface area (TPSA) is 12.5 Å². The van der Waals surface area contributed by atoms with Gasteiger partial charge in [-0.1, -0.05) is 6.92 Å². The van der Waals surface area contributed by atoms with Crippen LogP contribution >= 0.6 is 11.6 Å². The van der Waals surface area contributed by atoms with Crippen LogP contribution in [0.1, 0.15) is 26.2 Å². The van der Waals surface area contributed by atoms with Gasteiger partial charge in [0.2, 0.25) is 0 Å². The van der Waals surface area contributed by atoms with Gasteiger partial charge in [0, 0.05) is 25.1 Å². The van der Waals surface area contributed by atoms with E-state index in [1.165, 1.54) is 12.8 Å². The lowest BCUT2D eigenvalue weighted by Crippen LogP contribution is -2.43. The van der Waals surface area contributed by atoms with E-state index in [9.17, 15) is 0 Å². The van der Waals surface area contributed by atoms with Crippen molar-refractivity contribution >= 4 is 11.6 Å². The number of rotatable bonds is 2. The molecule has 0 aliphatic carbocycles. The molecule has 3 atom stereocenters. The van der Waals surface area contributed by atoms with Crippen LogP contribution in [0.25, 0.3) is 0 Å². The molecule has 2 fully saturated rings. The molecule has 0 aromatic rings. The molecule has 0 spiro atoms. The molecule has 0 aromatic heterocycles. The first-order chi connectivity index (χ1) is 6.75. The van der Waals surface area contributed by atoms with Crippen LogP contribution in [0.5, 0.6) is 0 Å². The lowest BCUT2D eigenvalue weighted by atomic mass is 9.99. The van der Waals surface area contributed by atoms with Gasteiger partial charge in [0.1, 0.15) is 0 Å². The van der Waals surface area contributed by atoms with Crippen molar-refractivity contribution in [1.29, 1.82) is 0 Å². The van der Waals surface area contributed by atoms with E-state index in [0.717, 1.165) is 32.7 Å². The zero-order valence-electron chi connectivity index (χ0n) is 8.92. The maximum absolute atomic E-state index is 6.19. The molecule has 3 unspecified atom stereocenters. The molecule has 0 radical (unpaired) electrons. The summed E-state index contributed by atoms with van der Waals surface area (Å²) in [6.07, 6.45) is 4.12. The average molecular weight is 218 g/mol. The number of nitrogens with zero attached hydrogens (tertiary/aromatic N) is 1. The first kappa shape index (κ1) is 10.7. The number of likely N-dealkylation sites (tertiary alicyclic amines) is 1. The fourth-order valence-electron chi connectivity index (χ4n) is 2.45. The summed E-state index contributed by atoms with van der Waals surface area (Å²) in [6.45, 7) is 6.63. The number of hydrogen-bond donors (Lipinski definition) is 0. The molecule has 2 aliphatic heterocycles. The van der Waals surface area contributed by atoms with Gasteiger partial charge >= 0.3 is 0 Å². The molecule has 0 bridgehead atoms. The quantitative estimate of drug-likeness (QED) is 0.657. The van der Waals surface area contributed by atoms with Gasteiger partial charge in [0.25, 0.3) is 0 Å². The smallest absolute Gasteiger partial charge is 0.0702 e. The zero-order valence-corrected chi connectivity index (χ0v) is 9.67. The Balaban J connectivity index is 1.75. The molecule has 0 amide bonds. The van der Waals surface area contributed by atoms with Crippen LogP contribution in [-0.4, -0.2) is 42.6 Å². The molecule has 82 valence electrons. The van der Waals surface area contributed by atoms with E-state index < -0.39 is 0 Å². The Morgan fingerprint density at radius 1 is 1.43 bits per heavy atom. The highest BCUT2D eigenvalue weighted by molar-refractivity contribution is 6.20. The third-order valence-electron chi connectivity index (χ3n) is 3.37. The number of hydrogen-bond acceptors (Lipinski definition) is 2. The van der Waals surface area contributed by atoms with Crippen LogP contribution < -0.4 is 0 Å². The zero-order chi connectivity index (χ0) is 9.97. The second-order valence-electron chi connectivity index (χ2n) is 4.68. The van der Waals surface area contributed by atoms with E-state index in [-0.39, 0.29) is 0 Å². The van der Waals surface area contributed by atoms with Crippen molar-refractivity contribution in [3.05, 3.63) is 0 Å². The molecule has 2 saturated heterocycles. The number of ether oxygens (including phenoxy) is 1. The predicted molar refractivity (Wildman–Crippen MR) is 58.8 cm³/mol. The largest absolute Gasteiger partial charge is 0.377 e. The molecular weight excluding hydrogens is 198 g/mol. The normalized spacial score (nSPS) is 40.3. The number of alkyl halides is 1. The Labute approximate surface area is 91.6 Å². The van der Waals surface area contributed by atoms with Crippen LogP contribution in [0.3, 0.4) is 0 Å². The maximum Gasteiger partial charge on any atom is 0.0702 e.